The lowest BCUT2D eigenvalue weighted by Gasteiger charge is -2.39. The molecule has 0 aromatic heterocycles. The van der Waals surface area contributed by atoms with Gasteiger partial charge < -0.3 is 19.8 Å². The van der Waals surface area contributed by atoms with Crippen LogP contribution in [-0.2, 0) is 14.4 Å². The van der Waals surface area contributed by atoms with Crippen LogP contribution in [0.5, 0.6) is 0 Å². The van der Waals surface area contributed by atoms with E-state index in [0.29, 0.717) is 19.3 Å². The van der Waals surface area contributed by atoms with Crippen molar-refractivity contribution in [3.05, 3.63) is 12.2 Å². The van der Waals surface area contributed by atoms with Gasteiger partial charge in [-0.3, -0.25) is 14.4 Å². The Morgan fingerprint density at radius 3 is 1.00 bits per heavy atom. The number of hydrogen-bond acceptors (Lipinski definition) is 3. The Labute approximate surface area is 270 Å². The molecule has 7 heteroatoms. The lowest BCUT2D eigenvalue weighted by atomic mass is 10.0. The van der Waals surface area contributed by atoms with E-state index in [1.807, 2.05) is 0 Å². The maximum Gasteiger partial charge on any atom is 0.303 e. The van der Waals surface area contributed by atoms with Crippen molar-refractivity contribution in [1.29, 1.82) is 0 Å². The van der Waals surface area contributed by atoms with E-state index in [9.17, 15) is 14.4 Å². The molecule has 0 aliphatic heterocycles. The zero-order valence-electron chi connectivity index (χ0n) is 28.6. The summed E-state index contributed by atoms with van der Waals surface area (Å²) in [6.45, 7) is 5.89. The second kappa shape index (κ2) is 31.1. The van der Waals surface area contributed by atoms with E-state index in [1.165, 1.54) is 89.9 Å². The Morgan fingerprint density at radius 1 is 0.409 bits per heavy atom. The third kappa shape index (κ3) is 30.1. The van der Waals surface area contributed by atoms with Crippen LogP contribution in [0.3, 0.4) is 0 Å². The molecule has 0 bridgehead atoms. The van der Waals surface area contributed by atoms with Gasteiger partial charge in [0.25, 0.3) is 0 Å². The number of unbranched alkanes of at least 4 members (excludes halogenated alkanes) is 19. The number of aliphatic carboxylic acids is 3. The molecule has 0 atom stereocenters. The standard InChI is InChI=1S/C37H69NO6/c1-2-3-4-5-6-7-8-9-10-11-12-13-14-15-16-17-18-19-20-24-31-38(32-25-21-28-35(39)40,33-26-22-29-36(41)42)34-27-23-30-37(43)44/h17-18H,2-16,19-34H2,1H3,(H2-,39,40,41,42,43,44)/p+1/b18-17+. The Hall–Kier alpha value is -1.89. The van der Waals surface area contributed by atoms with Gasteiger partial charge in [-0.05, 0) is 70.6 Å². The quantitative estimate of drug-likeness (QED) is 0.0367. The molecule has 44 heavy (non-hydrogen) atoms. The first-order valence-corrected chi connectivity index (χ1v) is 18.5. The summed E-state index contributed by atoms with van der Waals surface area (Å²) in [4.78, 5) is 33.1. The van der Waals surface area contributed by atoms with Crippen LogP contribution in [0.2, 0.25) is 0 Å². The molecule has 0 radical (unpaired) electrons. The molecule has 7 nitrogen and oxygen atoms in total. The highest BCUT2D eigenvalue weighted by molar-refractivity contribution is 5.67. The molecule has 0 unspecified atom stereocenters. The minimum atomic E-state index is -0.771. The highest BCUT2D eigenvalue weighted by Gasteiger charge is 2.26. The molecule has 0 saturated carbocycles. The van der Waals surface area contributed by atoms with Gasteiger partial charge in [0.15, 0.2) is 0 Å². The van der Waals surface area contributed by atoms with Crippen molar-refractivity contribution >= 4 is 17.9 Å². The van der Waals surface area contributed by atoms with E-state index >= 15 is 0 Å². The summed E-state index contributed by atoms with van der Waals surface area (Å²) in [5.41, 5.74) is 0. The summed E-state index contributed by atoms with van der Waals surface area (Å²) in [7, 11) is 0. The van der Waals surface area contributed by atoms with Crippen LogP contribution in [0.1, 0.15) is 180 Å². The predicted molar refractivity (Wildman–Crippen MR) is 182 cm³/mol. The summed E-state index contributed by atoms with van der Waals surface area (Å²) in [5, 5.41) is 27.2. The van der Waals surface area contributed by atoms with Crippen molar-refractivity contribution in [2.24, 2.45) is 0 Å². The zero-order valence-corrected chi connectivity index (χ0v) is 28.6. The summed E-state index contributed by atoms with van der Waals surface area (Å²) in [5.74, 6) is -2.31. The Bertz CT molecular complexity index is 668. The zero-order chi connectivity index (χ0) is 32.6. The van der Waals surface area contributed by atoms with Gasteiger partial charge in [0, 0.05) is 19.3 Å². The molecule has 0 rings (SSSR count). The third-order valence-corrected chi connectivity index (χ3v) is 8.96. The van der Waals surface area contributed by atoms with E-state index in [-0.39, 0.29) is 19.3 Å². The van der Waals surface area contributed by atoms with Crippen molar-refractivity contribution in [3.63, 3.8) is 0 Å². The molecular weight excluding hydrogens is 554 g/mol. The lowest BCUT2D eigenvalue weighted by Crippen LogP contribution is -2.51. The van der Waals surface area contributed by atoms with Gasteiger partial charge in [0.05, 0.1) is 26.2 Å². The molecule has 0 aromatic rings. The highest BCUT2D eigenvalue weighted by Crippen LogP contribution is 2.19. The van der Waals surface area contributed by atoms with E-state index in [4.69, 9.17) is 15.3 Å². The maximum atomic E-state index is 11.0. The topological polar surface area (TPSA) is 112 Å². The summed E-state index contributed by atoms with van der Waals surface area (Å²) in [6, 6.07) is 0. The van der Waals surface area contributed by atoms with Gasteiger partial charge in [-0.15, -0.1) is 0 Å². The first-order chi connectivity index (χ1) is 21.3. The number of allylic oxidation sites excluding steroid dienone is 2. The molecule has 0 aromatic carbocycles. The molecule has 0 saturated heterocycles. The second-order valence-electron chi connectivity index (χ2n) is 13.1. The fourth-order valence-corrected chi connectivity index (χ4v) is 6.24. The normalized spacial score (nSPS) is 11.8. The largest absolute Gasteiger partial charge is 0.481 e. The Morgan fingerprint density at radius 2 is 0.682 bits per heavy atom. The molecule has 0 aliphatic carbocycles. The fraction of sp³-hybridized carbons (Fsp3) is 0.865. The molecule has 258 valence electrons. The second-order valence-corrected chi connectivity index (χ2v) is 13.1. The van der Waals surface area contributed by atoms with E-state index in [1.54, 1.807) is 0 Å². The van der Waals surface area contributed by atoms with Crippen LogP contribution < -0.4 is 0 Å². The van der Waals surface area contributed by atoms with Gasteiger partial charge in [0.1, 0.15) is 0 Å². The van der Waals surface area contributed by atoms with Crippen LogP contribution >= 0.6 is 0 Å². The summed E-state index contributed by atoms with van der Waals surface area (Å²) >= 11 is 0. The van der Waals surface area contributed by atoms with Gasteiger partial charge >= 0.3 is 17.9 Å². The Kier molecular flexibility index (Phi) is 29.8. The van der Waals surface area contributed by atoms with Crippen LogP contribution in [0.4, 0.5) is 0 Å². The van der Waals surface area contributed by atoms with Crippen LogP contribution in [-0.4, -0.2) is 63.9 Å². The van der Waals surface area contributed by atoms with Crippen molar-refractivity contribution in [2.75, 3.05) is 26.2 Å². The van der Waals surface area contributed by atoms with Gasteiger partial charge in [0.2, 0.25) is 0 Å². The summed E-state index contributed by atoms with van der Waals surface area (Å²) in [6.07, 6.45) is 33.4. The van der Waals surface area contributed by atoms with Crippen molar-refractivity contribution in [1.82, 2.24) is 0 Å². The smallest absolute Gasteiger partial charge is 0.303 e. The number of carbonyl (C=O) groups is 3. The van der Waals surface area contributed by atoms with Gasteiger partial charge in [-0.1, -0.05) is 103 Å². The number of rotatable bonds is 35. The van der Waals surface area contributed by atoms with Crippen molar-refractivity contribution in [2.45, 2.75) is 180 Å². The molecule has 0 aliphatic rings. The monoisotopic (exact) mass is 625 g/mol. The molecule has 0 fully saturated rings. The number of nitrogens with zero attached hydrogens (tertiary/aromatic N) is 1. The minimum absolute atomic E-state index is 0.169. The van der Waals surface area contributed by atoms with E-state index < -0.39 is 17.9 Å². The third-order valence-electron chi connectivity index (χ3n) is 8.96. The number of hydrogen-bond donors (Lipinski definition) is 3. The minimum Gasteiger partial charge on any atom is -0.481 e. The number of quaternary nitrogens is 1. The van der Waals surface area contributed by atoms with Crippen molar-refractivity contribution < 1.29 is 34.2 Å². The average Bonchev–Trinajstić information content (AvgIpc) is 2.98. The first-order valence-electron chi connectivity index (χ1n) is 18.5. The number of carboxylic acids is 3. The molecular formula is C37H70NO6+. The Balaban J connectivity index is 4.29. The lowest BCUT2D eigenvalue weighted by molar-refractivity contribution is -0.929. The van der Waals surface area contributed by atoms with E-state index in [0.717, 1.165) is 75.6 Å². The first kappa shape index (κ1) is 42.1. The van der Waals surface area contributed by atoms with Crippen LogP contribution in [0.15, 0.2) is 12.2 Å². The summed E-state index contributed by atoms with van der Waals surface area (Å²) < 4.78 is 0.849. The predicted octanol–water partition coefficient (Wildman–Crippen LogP) is 10.2. The number of carboxylic acid groups (broad SMARTS) is 3. The molecule has 0 amide bonds. The fourth-order valence-electron chi connectivity index (χ4n) is 6.24. The van der Waals surface area contributed by atoms with E-state index in [2.05, 4.69) is 19.1 Å². The maximum absolute atomic E-state index is 11.0. The molecule has 3 N–H and O–H groups in total. The molecule has 0 heterocycles. The van der Waals surface area contributed by atoms with Crippen molar-refractivity contribution in [3.8, 4) is 0 Å². The molecule has 0 spiro atoms. The SMILES string of the molecule is CCCCCCCCCCCCCCCC/C=C/CCCC[N+](CCCCC(=O)O)(CCCCC(=O)O)CCCCC(=O)O. The average molecular weight is 625 g/mol. The van der Waals surface area contributed by atoms with Gasteiger partial charge in [-0.25, -0.2) is 0 Å². The van der Waals surface area contributed by atoms with Crippen LogP contribution in [0.25, 0.3) is 0 Å². The highest BCUT2D eigenvalue weighted by atomic mass is 16.4. The van der Waals surface area contributed by atoms with Gasteiger partial charge in [-0.2, -0.15) is 0 Å². The van der Waals surface area contributed by atoms with Crippen LogP contribution in [0, 0.1) is 0 Å².